The maximum atomic E-state index is 14.6. The lowest BCUT2D eigenvalue weighted by Gasteiger charge is -2.20. The number of benzene rings is 2. The molecule has 146 valence electrons. The summed E-state index contributed by atoms with van der Waals surface area (Å²) in [5, 5.41) is 6.81. The van der Waals surface area contributed by atoms with Crippen LogP contribution in [-0.4, -0.2) is 35.2 Å². The number of carbonyl (C=O) groups is 2. The van der Waals surface area contributed by atoms with Crippen LogP contribution in [0.3, 0.4) is 0 Å². The molecule has 0 saturated carbocycles. The average Bonchev–Trinajstić information content (AvgIpc) is 3.20. The van der Waals surface area contributed by atoms with Crippen LogP contribution in [0.5, 0.6) is 0 Å². The Bertz CT molecular complexity index is 1100. The van der Waals surface area contributed by atoms with E-state index in [1.54, 1.807) is 54.9 Å². The number of anilines is 2. The Morgan fingerprint density at radius 3 is 2.59 bits per heavy atom. The lowest BCUT2D eigenvalue weighted by atomic mass is 10.00. The molecule has 2 N–H and O–H groups in total. The number of hydrogen-bond donors (Lipinski definition) is 2. The van der Waals surface area contributed by atoms with Crippen LogP contribution in [0.25, 0.3) is 0 Å². The largest absolute Gasteiger partial charge is 0.321 e. The molecule has 29 heavy (non-hydrogen) atoms. The average molecular weight is 409 g/mol. The van der Waals surface area contributed by atoms with Crippen molar-refractivity contribution in [2.75, 3.05) is 17.3 Å². The maximum Gasteiger partial charge on any atom is 0.321 e. The maximum absolute atomic E-state index is 14.6. The molecule has 0 radical (unpaired) electrons. The van der Waals surface area contributed by atoms with E-state index in [9.17, 15) is 14.0 Å². The van der Waals surface area contributed by atoms with E-state index in [2.05, 4.69) is 20.0 Å². The molecule has 2 heterocycles. The van der Waals surface area contributed by atoms with Crippen molar-refractivity contribution in [1.82, 2.24) is 9.69 Å². The molecule has 3 aromatic rings. The van der Waals surface area contributed by atoms with Gasteiger partial charge in [-0.3, -0.25) is 4.79 Å². The zero-order chi connectivity index (χ0) is 20.4. The second-order valence-electron chi connectivity index (χ2n) is 6.29. The number of nitrogens with one attached hydrogen (secondary N) is 2. The van der Waals surface area contributed by atoms with Gasteiger partial charge in [-0.05, 0) is 29.7 Å². The number of aliphatic imine (C=N–C) groups is 1. The first-order chi connectivity index (χ1) is 14.0. The van der Waals surface area contributed by atoms with Gasteiger partial charge in [-0.25, -0.2) is 14.2 Å². The van der Waals surface area contributed by atoms with Crippen LogP contribution in [0, 0.1) is 5.82 Å². The standard InChI is InChI=1S/C20H16FN5O2S/c1-26-16-9-5-3-7-14(16)17(13-6-2-4-8-15(13)21)24-18(19(26)27)25-20(28)23-12-10-22-29-11-12/h2-11,18H,1H3,(H2,23,25,28). The minimum atomic E-state index is -1.23. The van der Waals surface area contributed by atoms with Crippen molar-refractivity contribution in [2.24, 2.45) is 4.99 Å². The van der Waals surface area contributed by atoms with Crippen LogP contribution in [0.2, 0.25) is 0 Å². The second kappa shape index (κ2) is 7.80. The summed E-state index contributed by atoms with van der Waals surface area (Å²) in [6, 6.07) is 12.7. The molecule has 4 rings (SSSR count). The van der Waals surface area contributed by atoms with Gasteiger partial charge in [0.05, 0.1) is 23.3 Å². The summed E-state index contributed by atoms with van der Waals surface area (Å²) in [6.45, 7) is 0. The quantitative estimate of drug-likeness (QED) is 0.696. The number of halogens is 1. The lowest BCUT2D eigenvalue weighted by molar-refractivity contribution is -0.119. The smallest absolute Gasteiger partial charge is 0.311 e. The summed E-state index contributed by atoms with van der Waals surface area (Å²) in [7, 11) is 1.59. The van der Waals surface area contributed by atoms with Gasteiger partial charge in [0.1, 0.15) is 5.82 Å². The third-order valence-electron chi connectivity index (χ3n) is 4.43. The van der Waals surface area contributed by atoms with Gasteiger partial charge in [0, 0.05) is 23.6 Å². The van der Waals surface area contributed by atoms with Gasteiger partial charge in [-0.15, -0.1) is 0 Å². The Labute approximate surface area is 170 Å². The first-order valence-electron chi connectivity index (χ1n) is 8.71. The predicted octanol–water partition coefficient (Wildman–Crippen LogP) is 3.24. The minimum Gasteiger partial charge on any atom is -0.311 e. The third-order valence-corrected chi connectivity index (χ3v) is 5.02. The molecule has 1 aromatic heterocycles. The second-order valence-corrected chi connectivity index (χ2v) is 6.94. The van der Waals surface area contributed by atoms with Crippen molar-refractivity contribution in [3.63, 3.8) is 0 Å². The van der Waals surface area contributed by atoms with E-state index >= 15 is 0 Å². The fraction of sp³-hybridized carbons (Fsp3) is 0.100. The van der Waals surface area contributed by atoms with Gasteiger partial charge in [-0.1, -0.05) is 30.3 Å². The lowest BCUT2D eigenvalue weighted by Crippen LogP contribution is -2.47. The number of nitrogens with zero attached hydrogens (tertiary/aromatic N) is 3. The number of amides is 3. The first kappa shape index (κ1) is 18.8. The monoisotopic (exact) mass is 409 g/mol. The molecule has 0 spiro atoms. The van der Waals surface area contributed by atoms with Crippen molar-refractivity contribution in [2.45, 2.75) is 6.17 Å². The Hall–Kier alpha value is -3.59. The van der Waals surface area contributed by atoms with Crippen molar-refractivity contribution in [3.8, 4) is 0 Å². The van der Waals surface area contributed by atoms with Crippen molar-refractivity contribution in [3.05, 3.63) is 77.1 Å². The molecule has 1 atom stereocenters. The van der Waals surface area contributed by atoms with E-state index in [1.807, 2.05) is 0 Å². The molecule has 1 unspecified atom stereocenters. The van der Waals surface area contributed by atoms with Crippen molar-refractivity contribution < 1.29 is 14.0 Å². The van der Waals surface area contributed by atoms with Gasteiger partial charge >= 0.3 is 6.03 Å². The van der Waals surface area contributed by atoms with Crippen LogP contribution in [0.1, 0.15) is 11.1 Å². The normalized spacial score (nSPS) is 15.9. The van der Waals surface area contributed by atoms with Gasteiger partial charge in [0.15, 0.2) is 0 Å². The molecule has 3 amide bonds. The van der Waals surface area contributed by atoms with Gasteiger partial charge in [0.25, 0.3) is 5.91 Å². The molecule has 1 aliphatic rings. The summed E-state index contributed by atoms with van der Waals surface area (Å²) in [5.41, 5.74) is 2.21. The summed E-state index contributed by atoms with van der Waals surface area (Å²) < 4.78 is 18.5. The van der Waals surface area contributed by atoms with E-state index in [-0.39, 0.29) is 5.56 Å². The highest BCUT2D eigenvalue weighted by molar-refractivity contribution is 7.04. The highest BCUT2D eigenvalue weighted by Gasteiger charge is 2.31. The molecular weight excluding hydrogens is 393 g/mol. The summed E-state index contributed by atoms with van der Waals surface area (Å²) in [4.78, 5) is 31.2. The van der Waals surface area contributed by atoms with Gasteiger partial charge in [0.2, 0.25) is 6.17 Å². The summed E-state index contributed by atoms with van der Waals surface area (Å²) in [6.07, 6.45) is 0.267. The number of rotatable bonds is 3. The Morgan fingerprint density at radius 2 is 1.86 bits per heavy atom. The fourth-order valence-electron chi connectivity index (χ4n) is 3.04. The van der Waals surface area contributed by atoms with E-state index in [0.717, 1.165) is 0 Å². The van der Waals surface area contributed by atoms with E-state index in [4.69, 9.17) is 0 Å². The summed E-state index contributed by atoms with van der Waals surface area (Å²) >= 11 is 1.19. The van der Waals surface area contributed by atoms with Crippen LogP contribution in [-0.2, 0) is 4.79 Å². The number of aromatic nitrogens is 1. The number of carbonyl (C=O) groups excluding carboxylic acids is 2. The van der Waals surface area contributed by atoms with Crippen LogP contribution in [0.4, 0.5) is 20.6 Å². The van der Waals surface area contributed by atoms with Crippen LogP contribution < -0.4 is 15.5 Å². The minimum absolute atomic E-state index is 0.247. The molecule has 2 aromatic carbocycles. The van der Waals surface area contributed by atoms with Crippen molar-refractivity contribution in [1.29, 1.82) is 0 Å². The first-order valence-corrected chi connectivity index (χ1v) is 9.55. The molecular formula is C20H16FN5O2S. The number of fused-ring (bicyclic) bond motifs is 1. The van der Waals surface area contributed by atoms with Gasteiger partial charge in [-0.2, -0.15) is 4.37 Å². The Morgan fingerprint density at radius 1 is 1.14 bits per heavy atom. The molecule has 0 aliphatic carbocycles. The zero-order valence-electron chi connectivity index (χ0n) is 15.3. The third kappa shape index (κ3) is 3.72. The number of para-hydroxylation sites is 1. The SMILES string of the molecule is CN1C(=O)C(NC(=O)Nc2cnsc2)N=C(c2ccccc2F)c2ccccc21. The predicted molar refractivity (Wildman–Crippen MR) is 110 cm³/mol. The molecule has 1 aliphatic heterocycles. The number of hydrogen-bond acceptors (Lipinski definition) is 5. The zero-order valence-corrected chi connectivity index (χ0v) is 16.1. The van der Waals surface area contributed by atoms with Crippen LogP contribution in [0.15, 0.2) is 65.1 Å². The Kier molecular flexibility index (Phi) is 5.05. The highest BCUT2D eigenvalue weighted by Crippen LogP contribution is 2.28. The number of likely N-dealkylation sites (N-methyl/N-ethyl adjacent to an activating group) is 1. The Balaban J connectivity index is 1.76. The van der Waals surface area contributed by atoms with E-state index in [1.165, 1.54) is 28.7 Å². The molecule has 9 heteroatoms. The van der Waals surface area contributed by atoms with E-state index in [0.29, 0.717) is 22.6 Å². The van der Waals surface area contributed by atoms with Gasteiger partial charge < -0.3 is 15.5 Å². The molecule has 7 nitrogen and oxygen atoms in total. The van der Waals surface area contributed by atoms with Crippen LogP contribution >= 0.6 is 11.5 Å². The van der Waals surface area contributed by atoms with Crippen molar-refractivity contribution >= 4 is 40.6 Å². The molecule has 0 saturated heterocycles. The van der Waals surface area contributed by atoms with E-state index < -0.39 is 23.9 Å². The summed E-state index contributed by atoms with van der Waals surface area (Å²) in [5.74, 6) is -0.909. The highest BCUT2D eigenvalue weighted by atomic mass is 32.1. The topological polar surface area (TPSA) is 86.7 Å². The number of urea groups is 1. The molecule has 0 fully saturated rings. The number of benzodiazepines with no additional fused rings is 1. The molecule has 0 bridgehead atoms. The fourth-order valence-corrected chi connectivity index (χ4v) is 3.51.